The first-order chi connectivity index (χ1) is 12.1. The fraction of sp³-hybridized carbons (Fsp3) is 0.0526. The molecule has 0 unspecified atom stereocenters. The number of anilines is 2. The van der Waals surface area contributed by atoms with Gasteiger partial charge in [-0.25, -0.2) is 4.98 Å². The quantitative estimate of drug-likeness (QED) is 0.643. The minimum Gasteiger partial charge on any atom is -0.366 e. The Hall–Kier alpha value is -2.56. The Morgan fingerprint density at radius 2 is 1.76 bits per heavy atom. The summed E-state index contributed by atoms with van der Waals surface area (Å²) in [5, 5.41) is 7.30. The second-order valence-electron chi connectivity index (χ2n) is 5.34. The number of pyridine rings is 1. The van der Waals surface area contributed by atoms with Gasteiger partial charge in [-0.2, -0.15) is 0 Å². The molecule has 2 aromatic carbocycles. The van der Waals surface area contributed by atoms with E-state index < -0.39 is 0 Å². The molecular weight excluding hydrogens is 357 g/mol. The summed E-state index contributed by atoms with van der Waals surface area (Å²) in [6.07, 6.45) is 1.59. The second kappa shape index (κ2) is 8.01. The third-order valence-electron chi connectivity index (χ3n) is 3.54. The molecule has 4 nitrogen and oxygen atoms in total. The highest BCUT2D eigenvalue weighted by atomic mass is 35.5. The lowest BCUT2D eigenvalue weighted by Gasteiger charge is -2.09. The Kier molecular flexibility index (Phi) is 5.53. The zero-order chi connectivity index (χ0) is 17.6. The maximum atomic E-state index is 12.4. The van der Waals surface area contributed by atoms with Gasteiger partial charge in [-0.3, -0.25) is 4.79 Å². The van der Waals surface area contributed by atoms with Crippen molar-refractivity contribution in [2.24, 2.45) is 0 Å². The lowest BCUT2D eigenvalue weighted by Crippen LogP contribution is -2.12. The van der Waals surface area contributed by atoms with Crippen LogP contribution in [0, 0.1) is 0 Å². The molecule has 126 valence electrons. The van der Waals surface area contributed by atoms with E-state index in [0.717, 1.165) is 5.56 Å². The van der Waals surface area contributed by atoms with Crippen molar-refractivity contribution in [1.29, 1.82) is 0 Å². The largest absolute Gasteiger partial charge is 0.366 e. The van der Waals surface area contributed by atoms with Gasteiger partial charge in [0.1, 0.15) is 5.82 Å². The lowest BCUT2D eigenvalue weighted by molar-refractivity contribution is 0.102. The summed E-state index contributed by atoms with van der Waals surface area (Å²) in [5.41, 5.74) is 2.14. The van der Waals surface area contributed by atoms with E-state index in [1.54, 1.807) is 42.6 Å². The number of halogens is 2. The molecule has 0 saturated heterocycles. The van der Waals surface area contributed by atoms with Crippen LogP contribution < -0.4 is 10.6 Å². The third-order valence-corrected chi connectivity index (χ3v) is 4.16. The first-order valence-corrected chi connectivity index (χ1v) is 8.38. The molecule has 0 fully saturated rings. The minimum absolute atomic E-state index is 0.217. The van der Waals surface area contributed by atoms with Gasteiger partial charge in [-0.15, -0.1) is 0 Å². The smallest absolute Gasteiger partial charge is 0.255 e. The lowest BCUT2D eigenvalue weighted by atomic mass is 10.2. The summed E-state index contributed by atoms with van der Waals surface area (Å²) < 4.78 is 0. The number of amides is 1. The Labute approximate surface area is 155 Å². The van der Waals surface area contributed by atoms with Gasteiger partial charge in [0.05, 0.1) is 0 Å². The molecule has 0 radical (unpaired) electrons. The van der Waals surface area contributed by atoms with Crippen molar-refractivity contribution < 1.29 is 4.79 Å². The number of nitrogens with one attached hydrogen (secondary N) is 2. The summed E-state index contributed by atoms with van der Waals surface area (Å²) >= 11 is 12.0. The number of rotatable bonds is 5. The van der Waals surface area contributed by atoms with Crippen LogP contribution in [0.1, 0.15) is 15.9 Å². The first kappa shape index (κ1) is 17.3. The zero-order valence-electron chi connectivity index (χ0n) is 13.2. The standard InChI is InChI=1S/C19H15Cl2N3O/c20-15-5-7-16(8-6-15)24-19(25)13-9-10-22-18(11-13)23-12-14-3-1-2-4-17(14)21/h1-11H,12H2,(H,22,23)(H,24,25). The van der Waals surface area contributed by atoms with Gasteiger partial charge in [0, 0.05) is 34.0 Å². The van der Waals surface area contributed by atoms with E-state index in [1.807, 2.05) is 24.3 Å². The first-order valence-electron chi connectivity index (χ1n) is 7.62. The monoisotopic (exact) mass is 371 g/mol. The maximum Gasteiger partial charge on any atom is 0.255 e. The van der Waals surface area contributed by atoms with Crippen molar-refractivity contribution in [3.05, 3.63) is 88.0 Å². The van der Waals surface area contributed by atoms with E-state index in [1.165, 1.54) is 0 Å². The van der Waals surface area contributed by atoms with E-state index in [2.05, 4.69) is 15.6 Å². The van der Waals surface area contributed by atoms with E-state index in [-0.39, 0.29) is 5.91 Å². The van der Waals surface area contributed by atoms with Crippen LogP contribution in [0.25, 0.3) is 0 Å². The number of carbonyl (C=O) groups excluding carboxylic acids is 1. The van der Waals surface area contributed by atoms with Gasteiger partial charge in [0.15, 0.2) is 0 Å². The topological polar surface area (TPSA) is 54.0 Å². The number of hydrogen-bond acceptors (Lipinski definition) is 3. The number of carbonyl (C=O) groups is 1. The number of benzene rings is 2. The molecule has 25 heavy (non-hydrogen) atoms. The summed E-state index contributed by atoms with van der Waals surface area (Å²) in [4.78, 5) is 16.6. The molecule has 2 N–H and O–H groups in total. The fourth-order valence-corrected chi connectivity index (χ4v) is 2.56. The van der Waals surface area contributed by atoms with Crippen LogP contribution in [-0.4, -0.2) is 10.9 Å². The third kappa shape index (κ3) is 4.72. The van der Waals surface area contributed by atoms with Gasteiger partial charge in [-0.1, -0.05) is 41.4 Å². The summed E-state index contributed by atoms with van der Waals surface area (Å²) in [5.74, 6) is 0.384. The van der Waals surface area contributed by atoms with E-state index in [9.17, 15) is 4.79 Å². The van der Waals surface area contributed by atoms with Gasteiger partial charge >= 0.3 is 0 Å². The molecule has 0 spiro atoms. The van der Waals surface area contributed by atoms with Crippen molar-refractivity contribution in [3.63, 3.8) is 0 Å². The second-order valence-corrected chi connectivity index (χ2v) is 6.18. The van der Waals surface area contributed by atoms with Crippen LogP contribution in [-0.2, 0) is 6.54 Å². The van der Waals surface area contributed by atoms with Crippen molar-refractivity contribution in [2.75, 3.05) is 10.6 Å². The Bertz CT molecular complexity index is 882. The molecule has 3 aromatic rings. The van der Waals surface area contributed by atoms with Crippen LogP contribution in [0.2, 0.25) is 10.0 Å². The van der Waals surface area contributed by atoms with Gasteiger partial charge < -0.3 is 10.6 Å². The van der Waals surface area contributed by atoms with Crippen molar-refractivity contribution in [2.45, 2.75) is 6.54 Å². The molecule has 0 aliphatic heterocycles. The molecule has 0 bridgehead atoms. The highest BCUT2D eigenvalue weighted by Gasteiger charge is 2.08. The fourth-order valence-electron chi connectivity index (χ4n) is 2.23. The molecule has 1 heterocycles. The molecule has 0 aliphatic carbocycles. The predicted octanol–water partition coefficient (Wildman–Crippen LogP) is 5.25. The number of hydrogen-bond donors (Lipinski definition) is 2. The van der Waals surface area contributed by atoms with E-state index in [0.29, 0.717) is 33.7 Å². The number of aromatic nitrogens is 1. The van der Waals surface area contributed by atoms with Crippen LogP contribution in [0.15, 0.2) is 66.9 Å². The van der Waals surface area contributed by atoms with E-state index >= 15 is 0 Å². The Balaban J connectivity index is 1.67. The molecule has 0 atom stereocenters. The molecule has 0 aliphatic rings. The number of nitrogens with zero attached hydrogens (tertiary/aromatic N) is 1. The normalized spacial score (nSPS) is 10.3. The Morgan fingerprint density at radius 3 is 2.52 bits per heavy atom. The molecule has 1 amide bonds. The SMILES string of the molecule is O=C(Nc1ccc(Cl)cc1)c1ccnc(NCc2ccccc2Cl)c1. The average molecular weight is 372 g/mol. The van der Waals surface area contributed by atoms with Crippen molar-refractivity contribution in [1.82, 2.24) is 4.98 Å². The van der Waals surface area contributed by atoms with Crippen LogP contribution >= 0.6 is 23.2 Å². The predicted molar refractivity (Wildman–Crippen MR) is 102 cm³/mol. The Morgan fingerprint density at radius 1 is 1.00 bits per heavy atom. The molecule has 1 aromatic heterocycles. The summed E-state index contributed by atoms with van der Waals surface area (Å²) in [7, 11) is 0. The summed E-state index contributed by atoms with van der Waals surface area (Å²) in [6, 6.07) is 17.9. The van der Waals surface area contributed by atoms with Crippen molar-refractivity contribution in [3.8, 4) is 0 Å². The van der Waals surface area contributed by atoms with Crippen LogP contribution in [0.4, 0.5) is 11.5 Å². The van der Waals surface area contributed by atoms with Gasteiger partial charge in [0.2, 0.25) is 0 Å². The van der Waals surface area contributed by atoms with Crippen molar-refractivity contribution >= 4 is 40.6 Å². The maximum absolute atomic E-state index is 12.4. The van der Waals surface area contributed by atoms with Gasteiger partial charge in [0.25, 0.3) is 5.91 Å². The molecule has 6 heteroatoms. The minimum atomic E-state index is -0.217. The molecule has 0 saturated carbocycles. The highest BCUT2D eigenvalue weighted by Crippen LogP contribution is 2.18. The van der Waals surface area contributed by atoms with Crippen LogP contribution in [0.3, 0.4) is 0 Å². The molecular formula is C19H15Cl2N3O. The van der Waals surface area contributed by atoms with Gasteiger partial charge in [-0.05, 0) is 48.0 Å². The zero-order valence-corrected chi connectivity index (χ0v) is 14.7. The average Bonchev–Trinajstić information content (AvgIpc) is 2.63. The molecule has 3 rings (SSSR count). The summed E-state index contributed by atoms with van der Waals surface area (Å²) in [6.45, 7) is 0.523. The van der Waals surface area contributed by atoms with Crippen LogP contribution in [0.5, 0.6) is 0 Å². The van der Waals surface area contributed by atoms with E-state index in [4.69, 9.17) is 23.2 Å². The highest BCUT2D eigenvalue weighted by molar-refractivity contribution is 6.31.